The van der Waals surface area contributed by atoms with E-state index >= 15 is 0 Å². The Morgan fingerprint density at radius 3 is 2.93 bits per heavy atom. The van der Waals surface area contributed by atoms with Crippen molar-refractivity contribution in [3.63, 3.8) is 0 Å². The number of benzene rings is 2. The molecule has 27 heavy (non-hydrogen) atoms. The molecular weight excluding hydrogens is 336 g/mol. The number of hydrogen-bond acceptors (Lipinski definition) is 3. The van der Waals surface area contributed by atoms with Crippen LogP contribution in [-0.4, -0.2) is 33.7 Å². The average molecular weight is 356 g/mol. The van der Waals surface area contributed by atoms with Gasteiger partial charge in [0.05, 0.1) is 23.2 Å². The van der Waals surface area contributed by atoms with Gasteiger partial charge in [0, 0.05) is 24.7 Å². The predicted molar refractivity (Wildman–Crippen MR) is 105 cm³/mol. The second-order valence-corrected chi connectivity index (χ2v) is 6.86. The molecule has 134 valence electrons. The van der Waals surface area contributed by atoms with Gasteiger partial charge in [-0.1, -0.05) is 30.8 Å². The SMILES string of the molecule is C=CC(=O)N1CCCC(n2cc3ccc(-c4cccc(C#N)c4)cc3n2)C1. The number of hydrogen-bond donors (Lipinski definition) is 0. The van der Waals surface area contributed by atoms with Crippen LogP contribution in [0.2, 0.25) is 0 Å². The lowest BCUT2D eigenvalue weighted by molar-refractivity contribution is -0.127. The highest BCUT2D eigenvalue weighted by Gasteiger charge is 2.24. The first-order valence-electron chi connectivity index (χ1n) is 9.09. The topological polar surface area (TPSA) is 61.9 Å². The minimum atomic E-state index is -0.0175. The maximum absolute atomic E-state index is 11.9. The van der Waals surface area contributed by atoms with Crippen molar-refractivity contribution in [3.8, 4) is 17.2 Å². The van der Waals surface area contributed by atoms with E-state index in [4.69, 9.17) is 10.4 Å². The first-order chi connectivity index (χ1) is 13.2. The molecule has 1 amide bonds. The number of amides is 1. The molecule has 5 nitrogen and oxygen atoms in total. The van der Waals surface area contributed by atoms with Crippen molar-refractivity contribution in [2.24, 2.45) is 0 Å². The third-order valence-corrected chi connectivity index (χ3v) is 5.11. The molecule has 1 atom stereocenters. The number of likely N-dealkylation sites (tertiary alicyclic amines) is 1. The van der Waals surface area contributed by atoms with Crippen LogP contribution in [0, 0.1) is 11.3 Å². The van der Waals surface area contributed by atoms with Gasteiger partial charge in [0.1, 0.15) is 0 Å². The van der Waals surface area contributed by atoms with Crippen molar-refractivity contribution in [1.82, 2.24) is 14.7 Å². The summed E-state index contributed by atoms with van der Waals surface area (Å²) in [7, 11) is 0. The molecule has 0 bridgehead atoms. The van der Waals surface area contributed by atoms with Gasteiger partial charge >= 0.3 is 0 Å². The zero-order valence-electron chi connectivity index (χ0n) is 15.0. The number of fused-ring (bicyclic) bond motifs is 1. The predicted octanol–water partition coefficient (Wildman–Crippen LogP) is 3.92. The molecule has 2 heterocycles. The number of carbonyl (C=O) groups is 1. The molecule has 0 aliphatic carbocycles. The molecule has 0 saturated carbocycles. The molecule has 1 aliphatic rings. The van der Waals surface area contributed by atoms with Gasteiger partial charge < -0.3 is 4.90 Å². The summed E-state index contributed by atoms with van der Waals surface area (Å²) in [6.07, 6.45) is 5.40. The Bertz CT molecular complexity index is 1060. The summed E-state index contributed by atoms with van der Waals surface area (Å²) >= 11 is 0. The van der Waals surface area contributed by atoms with Gasteiger partial charge in [0.2, 0.25) is 5.91 Å². The maximum atomic E-state index is 11.9. The zero-order valence-corrected chi connectivity index (χ0v) is 15.0. The highest BCUT2D eigenvalue weighted by Crippen LogP contribution is 2.27. The summed E-state index contributed by atoms with van der Waals surface area (Å²) in [6, 6.07) is 16.1. The molecule has 1 fully saturated rings. The van der Waals surface area contributed by atoms with Gasteiger partial charge in [-0.2, -0.15) is 10.4 Å². The maximum Gasteiger partial charge on any atom is 0.246 e. The average Bonchev–Trinajstić information content (AvgIpc) is 3.16. The van der Waals surface area contributed by atoms with Crippen LogP contribution >= 0.6 is 0 Å². The highest BCUT2D eigenvalue weighted by atomic mass is 16.2. The summed E-state index contributed by atoms with van der Waals surface area (Å²) in [4.78, 5) is 13.8. The minimum Gasteiger partial charge on any atom is -0.337 e. The van der Waals surface area contributed by atoms with Crippen molar-refractivity contribution in [2.75, 3.05) is 13.1 Å². The van der Waals surface area contributed by atoms with Crippen LogP contribution < -0.4 is 0 Å². The fourth-order valence-electron chi connectivity index (χ4n) is 3.67. The van der Waals surface area contributed by atoms with E-state index < -0.39 is 0 Å². The number of aromatic nitrogens is 2. The van der Waals surface area contributed by atoms with Crippen molar-refractivity contribution < 1.29 is 4.79 Å². The van der Waals surface area contributed by atoms with Crippen LogP contribution in [0.3, 0.4) is 0 Å². The van der Waals surface area contributed by atoms with Crippen LogP contribution in [0.25, 0.3) is 22.0 Å². The van der Waals surface area contributed by atoms with Crippen molar-refractivity contribution in [3.05, 3.63) is 66.9 Å². The number of carbonyl (C=O) groups excluding carboxylic acids is 1. The Morgan fingerprint density at radius 2 is 2.11 bits per heavy atom. The summed E-state index contributed by atoms with van der Waals surface area (Å²) in [5, 5.41) is 15.0. The highest BCUT2D eigenvalue weighted by molar-refractivity contribution is 5.87. The van der Waals surface area contributed by atoms with Crippen molar-refractivity contribution in [2.45, 2.75) is 18.9 Å². The Balaban J connectivity index is 1.64. The second-order valence-electron chi connectivity index (χ2n) is 6.86. The number of nitrogens with zero attached hydrogens (tertiary/aromatic N) is 4. The molecule has 0 N–H and O–H groups in total. The number of rotatable bonds is 3. The number of nitriles is 1. The van der Waals surface area contributed by atoms with Crippen LogP contribution in [0.1, 0.15) is 24.4 Å². The molecule has 1 aliphatic heterocycles. The van der Waals surface area contributed by atoms with E-state index in [0.29, 0.717) is 12.1 Å². The minimum absolute atomic E-state index is 0.0175. The van der Waals surface area contributed by atoms with Gasteiger partial charge in [-0.25, -0.2) is 0 Å². The molecule has 0 spiro atoms. The molecule has 1 aromatic heterocycles. The molecule has 1 saturated heterocycles. The van der Waals surface area contributed by atoms with Gasteiger partial charge in [-0.05, 0) is 48.2 Å². The second kappa shape index (κ2) is 7.08. The van der Waals surface area contributed by atoms with Gasteiger partial charge in [0.15, 0.2) is 0 Å². The Kier molecular flexibility index (Phi) is 4.47. The van der Waals surface area contributed by atoms with Crippen LogP contribution in [0.4, 0.5) is 0 Å². The first kappa shape index (κ1) is 17.0. The normalized spacial score (nSPS) is 16.9. The van der Waals surface area contributed by atoms with Gasteiger partial charge in [-0.3, -0.25) is 9.48 Å². The van der Waals surface area contributed by atoms with Gasteiger partial charge in [0.25, 0.3) is 0 Å². The standard InChI is InChI=1S/C22H20N4O/c1-2-22(27)25-10-4-7-20(15-25)26-14-19-9-8-18(12-21(19)24-26)17-6-3-5-16(11-17)13-23/h2-3,5-6,8-9,11-12,14,20H,1,4,7,10,15H2. The van der Waals surface area contributed by atoms with Crippen molar-refractivity contribution in [1.29, 1.82) is 5.26 Å². The lowest BCUT2D eigenvalue weighted by Crippen LogP contribution is -2.39. The van der Waals surface area contributed by atoms with E-state index in [1.807, 2.05) is 27.8 Å². The van der Waals surface area contributed by atoms with E-state index in [9.17, 15) is 4.79 Å². The molecule has 5 heteroatoms. The lowest BCUT2D eigenvalue weighted by atomic mass is 10.0. The van der Waals surface area contributed by atoms with E-state index in [1.54, 1.807) is 6.07 Å². The van der Waals surface area contributed by atoms with E-state index in [0.717, 1.165) is 41.4 Å². The van der Waals surface area contributed by atoms with Crippen LogP contribution in [0.5, 0.6) is 0 Å². The van der Waals surface area contributed by atoms with Crippen molar-refractivity contribution >= 4 is 16.8 Å². The summed E-state index contributed by atoms with van der Waals surface area (Å²) in [6.45, 7) is 5.03. The molecule has 2 aromatic carbocycles. The Hall–Kier alpha value is -3.39. The third kappa shape index (κ3) is 3.34. The summed E-state index contributed by atoms with van der Waals surface area (Å²) in [5.74, 6) is -0.0175. The molecule has 1 unspecified atom stereocenters. The van der Waals surface area contributed by atoms with Gasteiger partial charge in [-0.15, -0.1) is 0 Å². The van der Waals surface area contributed by atoms with Crippen LogP contribution in [0.15, 0.2) is 61.3 Å². The van der Waals surface area contributed by atoms with Crippen LogP contribution in [-0.2, 0) is 4.79 Å². The van der Waals surface area contributed by atoms with E-state index in [2.05, 4.69) is 37.0 Å². The smallest absolute Gasteiger partial charge is 0.246 e. The van der Waals surface area contributed by atoms with E-state index in [1.165, 1.54) is 6.08 Å². The van der Waals surface area contributed by atoms with E-state index in [-0.39, 0.29) is 11.9 Å². The lowest BCUT2D eigenvalue weighted by Gasteiger charge is -2.32. The quantitative estimate of drug-likeness (QED) is 0.668. The zero-order chi connectivity index (χ0) is 18.8. The molecule has 4 rings (SSSR count). The fourth-order valence-corrected chi connectivity index (χ4v) is 3.67. The summed E-state index contributed by atoms with van der Waals surface area (Å²) < 4.78 is 1.99. The largest absolute Gasteiger partial charge is 0.337 e. The summed E-state index contributed by atoms with van der Waals surface area (Å²) in [5.41, 5.74) is 3.61. The number of piperidine rings is 1. The molecular formula is C22H20N4O. The monoisotopic (exact) mass is 356 g/mol. The Morgan fingerprint density at radius 1 is 1.26 bits per heavy atom. The molecule has 0 radical (unpaired) electrons. The molecule has 3 aromatic rings. The Labute approximate surface area is 158 Å². The third-order valence-electron chi connectivity index (χ3n) is 5.11. The first-order valence-corrected chi connectivity index (χ1v) is 9.09. The fraction of sp³-hybridized carbons (Fsp3) is 0.227.